The van der Waals surface area contributed by atoms with Gasteiger partial charge in [-0.3, -0.25) is 19.2 Å². The van der Waals surface area contributed by atoms with E-state index in [1.54, 1.807) is 42.5 Å². The fraction of sp³-hybridized carbons (Fsp3) is 0.544. The fourth-order valence-corrected chi connectivity index (χ4v) is 9.03. The molecule has 1 aliphatic rings. The maximum atomic E-state index is 13.9. The lowest BCUT2D eigenvalue weighted by molar-refractivity contribution is -0.115. The summed E-state index contributed by atoms with van der Waals surface area (Å²) in [6.45, 7) is 14.4. The molecule has 0 spiro atoms. The van der Waals surface area contributed by atoms with Crippen LogP contribution in [0.15, 0.2) is 60.2 Å². The first-order valence-corrected chi connectivity index (χ1v) is 25.0. The first-order valence-electron chi connectivity index (χ1n) is 25.0. The average molecular weight is 891 g/mol. The second kappa shape index (κ2) is 27.0. The van der Waals surface area contributed by atoms with Crippen LogP contribution in [-0.4, -0.2) is 49.7 Å². The lowest BCUT2D eigenvalue weighted by Gasteiger charge is -2.25. The number of carbonyl (C=O) groups is 4. The number of aliphatic hydroxyl groups excluding tert-OH is 1. The molecule has 0 heterocycles. The van der Waals surface area contributed by atoms with Crippen LogP contribution in [0.25, 0.3) is 0 Å². The molecule has 4 rings (SSSR count). The van der Waals surface area contributed by atoms with Gasteiger partial charge in [-0.1, -0.05) is 118 Å². The minimum absolute atomic E-state index is 0.00136. The van der Waals surface area contributed by atoms with Gasteiger partial charge in [-0.15, -0.1) is 0 Å². The van der Waals surface area contributed by atoms with Crippen LogP contribution in [0.2, 0.25) is 0 Å². The van der Waals surface area contributed by atoms with Gasteiger partial charge < -0.3 is 20.4 Å². The predicted molar refractivity (Wildman–Crippen MR) is 263 cm³/mol. The van der Waals surface area contributed by atoms with E-state index in [-0.39, 0.29) is 71.6 Å². The van der Waals surface area contributed by atoms with E-state index < -0.39 is 12.0 Å². The van der Waals surface area contributed by atoms with Crippen molar-refractivity contribution in [1.29, 1.82) is 0 Å². The number of ketones is 4. The third-order valence-corrected chi connectivity index (χ3v) is 13.1. The highest BCUT2D eigenvalue weighted by Gasteiger charge is 2.27. The summed E-state index contributed by atoms with van der Waals surface area (Å²) in [5, 5.41) is 48.6. The Morgan fingerprint density at radius 2 is 0.831 bits per heavy atom. The molecule has 3 aromatic carbocycles. The van der Waals surface area contributed by atoms with Gasteiger partial charge in [0, 0.05) is 60.8 Å². The van der Waals surface area contributed by atoms with Crippen LogP contribution >= 0.6 is 0 Å². The van der Waals surface area contributed by atoms with Crippen LogP contribution in [0.1, 0.15) is 227 Å². The van der Waals surface area contributed by atoms with Gasteiger partial charge in [0.05, 0.1) is 6.10 Å². The van der Waals surface area contributed by atoms with Crippen LogP contribution in [-0.2, 0) is 30.5 Å². The Morgan fingerprint density at radius 1 is 0.508 bits per heavy atom. The number of Topliss-reactive ketones (excluding diaryl/α,β-unsaturated/α-hetero) is 4. The van der Waals surface area contributed by atoms with Gasteiger partial charge >= 0.3 is 0 Å². The van der Waals surface area contributed by atoms with Crippen LogP contribution in [0.3, 0.4) is 0 Å². The van der Waals surface area contributed by atoms with Crippen molar-refractivity contribution in [2.75, 3.05) is 0 Å². The highest BCUT2D eigenvalue weighted by molar-refractivity contribution is 5.99. The molecule has 0 aromatic heterocycles. The number of unbranched alkanes of at least 4 members (excludes halogenated alkanes) is 12. The van der Waals surface area contributed by atoms with Gasteiger partial charge in [0.25, 0.3) is 0 Å². The SMILES string of the molecule is C=C(/C=C1/Cc2cc(C(=O)CCCCCC)cc(c2O)Cc2cc(C(=O)CCCCCC)cc(c2O)Cc2cc(C(=O)CCCCCC)cc(c2O)CC(C)C1O)C(=O)CCCCCC. The highest BCUT2D eigenvalue weighted by atomic mass is 16.3. The first-order chi connectivity index (χ1) is 31.2. The van der Waals surface area contributed by atoms with Crippen molar-refractivity contribution in [3.8, 4) is 17.2 Å². The standard InChI is InChI=1S/C57H78O8/c1-7-11-15-19-23-50(58)38(5)27-43-35-45-31-41(52(60)25-21-17-13-9-3)32-48(56(45)64)37-49-34-42(53(61)26-22-18-14-10-4)33-47(57(49)65)36-46-30-40(51(59)24-20-16-12-8-2)29-44(55(46)63)28-39(6)54(43)62/h27,29-34,39,54,62-65H,5,7-26,28,35-37H2,1-4,6H3/b43-27-. The molecule has 65 heavy (non-hydrogen) atoms. The number of phenols is 3. The Hall–Kier alpha value is -4.82. The molecular weight excluding hydrogens is 813 g/mol. The zero-order valence-electron chi connectivity index (χ0n) is 40.3. The maximum Gasteiger partial charge on any atom is 0.162 e. The van der Waals surface area contributed by atoms with Gasteiger partial charge in [0.1, 0.15) is 17.2 Å². The number of allylic oxidation sites excluding steroid dienone is 2. The Labute approximate surface area is 389 Å². The smallest absolute Gasteiger partial charge is 0.162 e. The summed E-state index contributed by atoms with van der Waals surface area (Å²) in [4.78, 5) is 55.1. The van der Waals surface area contributed by atoms with Crippen molar-refractivity contribution in [3.63, 3.8) is 0 Å². The summed E-state index contributed by atoms with van der Waals surface area (Å²) in [6, 6.07) is 10.0. The van der Waals surface area contributed by atoms with E-state index in [9.17, 15) is 39.6 Å². The van der Waals surface area contributed by atoms with E-state index in [4.69, 9.17) is 0 Å². The Balaban J connectivity index is 1.97. The van der Waals surface area contributed by atoms with E-state index in [0.29, 0.717) is 94.2 Å². The molecule has 354 valence electrons. The molecule has 2 unspecified atom stereocenters. The summed E-state index contributed by atoms with van der Waals surface area (Å²) < 4.78 is 0. The number of aromatic hydroxyl groups is 3. The molecule has 0 aliphatic heterocycles. The summed E-state index contributed by atoms with van der Waals surface area (Å²) >= 11 is 0. The number of hydrogen-bond donors (Lipinski definition) is 4. The predicted octanol–water partition coefficient (Wildman–Crippen LogP) is 13.6. The number of phenolic OH excluding ortho intramolecular Hbond substituents is 3. The average Bonchev–Trinajstić information content (AvgIpc) is 3.29. The summed E-state index contributed by atoms with van der Waals surface area (Å²) in [7, 11) is 0. The van der Waals surface area contributed by atoms with Gasteiger partial charge in [0.2, 0.25) is 0 Å². The van der Waals surface area contributed by atoms with E-state index in [1.807, 2.05) is 6.92 Å². The zero-order chi connectivity index (χ0) is 47.5. The summed E-state index contributed by atoms with van der Waals surface area (Å²) in [6.07, 6.45) is 16.6. The largest absolute Gasteiger partial charge is 0.507 e. The maximum absolute atomic E-state index is 13.9. The number of fused-ring (bicyclic) bond motifs is 6. The fourth-order valence-electron chi connectivity index (χ4n) is 9.03. The molecule has 3 aromatic rings. The lowest BCUT2D eigenvalue weighted by Crippen LogP contribution is -2.24. The summed E-state index contributed by atoms with van der Waals surface area (Å²) in [5.74, 6) is -1.21. The Bertz CT molecular complexity index is 2140. The molecule has 0 radical (unpaired) electrons. The van der Waals surface area contributed by atoms with E-state index >= 15 is 0 Å². The molecular formula is C57H78O8. The normalized spacial score (nSPS) is 15.8. The highest BCUT2D eigenvalue weighted by Crippen LogP contribution is 2.39. The van der Waals surface area contributed by atoms with Gasteiger partial charge in [-0.25, -0.2) is 0 Å². The molecule has 0 fully saturated rings. The van der Waals surface area contributed by atoms with Gasteiger partial charge in [-0.05, 0) is 126 Å². The molecule has 1 aliphatic carbocycles. The second-order valence-corrected chi connectivity index (χ2v) is 18.8. The van der Waals surface area contributed by atoms with Gasteiger partial charge in [-0.2, -0.15) is 0 Å². The Kier molecular flexibility index (Phi) is 21.9. The van der Waals surface area contributed by atoms with Crippen LogP contribution in [0.5, 0.6) is 17.2 Å². The van der Waals surface area contributed by atoms with Crippen molar-refractivity contribution >= 4 is 23.1 Å². The molecule has 8 heteroatoms. The molecule has 4 N–H and O–H groups in total. The van der Waals surface area contributed by atoms with E-state index in [2.05, 4.69) is 34.3 Å². The molecule has 8 nitrogen and oxygen atoms in total. The molecule has 0 amide bonds. The summed E-state index contributed by atoms with van der Waals surface area (Å²) in [5.41, 5.74) is 4.22. The van der Waals surface area contributed by atoms with E-state index in [0.717, 1.165) is 89.9 Å². The second-order valence-electron chi connectivity index (χ2n) is 18.8. The monoisotopic (exact) mass is 891 g/mol. The number of carbonyl (C=O) groups excluding carboxylic acids is 4. The Morgan fingerprint density at radius 3 is 1.20 bits per heavy atom. The van der Waals surface area contributed by atoms with Crippen molar-refractivity contribution in [2.45, 2.75) is 195 Å². The van der Waals surface area contributed by atoms with Crippen molar-refractivity contribution in [3.05, 3.63) is 110 Å². The molecule has 0 saturated heterocycles. The minimum atomic E-state index is -1.18. The number of hydrogen-bond acceptors (Lipinski definition) is 8. The third-order valence-electron chi connectivity index (χ3n) is 13.1. The van der Waals surface area contributed by atoms with Crippen molar-refractivity contribution in [1.82, 2.24) is 0 Å². The first kappa shape index (κ1) is 52.8. The van der Waals surface area contributed by atoms with Crippen molar-refractivity contribution in [2.24, 2.45) is 5.92 Å². The van der Waals surface area contributed by atoms with Crippen LogP contribution in [0, 0.1) is 5.92 Å². The minimum Gasteiger partial charge on any atom is -0.507 e. The topological polar surface area (TPSA) is 149 Å². The third kappa shape index (κ3) is 15.7. The number of rotatable bonds is 25. The van der Waals surface area contributed by atoms with Gasteiger partial charge in [0.15, 0.2) is 23.1 Å². The zero-order valence-corrected chi connectivity index (χ0v) is 40.3. The molecule has 6 bridgehead atoms. The van der Waals surface area contributed by atoms with E-state index in [1.165, 1.54) is 0 Å². The quantitative estimate of drug-likeness (QED) is 0.0373. The lowest BCUT2D eigenvalue weighted by atomic mass is 9.83. The number of aliphatic hydroxyl groups is 1. The molecule has 2 atom stereocenters. The van der Waals surface area contributed by atoms with Crippen LogP contribution < -0.4 is 0 Å². The number of benzene rings is 3. The molecule has 0 saturated carbocycles. The van der Waals surface area contributed by atoms with Crippen molar-refractivity contribution < 1.29 is 39.6 Å². The van der Waals surface area contributed by atoms with Crippen LogP contribution in [0.4, 0.5) is 0 Å².